The van der Waals surface area contributed by atoms with Crippen molar-refractivity contribution in [2.45, 2.75) is 6.92 Å². The summed E-state index contributed by atoms with van der Waals surface area (Å²) in [5.74, 6) is 0.653. The van der Waals surface area contributed by atoms with Crippen LogP contribution in [0.25, 0.3) is 21.7 Å². The molecule has 0 saturated carbocycles. The maximum Gasteiger partial charge on any atom is 0.347 e. The Bertz CT molecular complexity index is 1310. The van der Waals surface area contributed by atoms with Crippen LogP contribution in [0, 0.1) is 6.92 Å². The van der Waals surface area contributed by atoms with E-state index in [9.17, 15) is 9.59 Å². The van der Waals surface area contributed by atoms with Crippen LogP contribution in [0.5, 0.6) is 11.5 Å². The number of pyridine rings is 1. The van der Waals surface area contributed by atoms with Crippen LogP contribution in [0.1, 0.15) is 16.1 Å². The van der Waals surface area contributed by atoms with Gasteiger partial charge in [-0.3, -0.25) is 4.79 Å². The molecule has 4 rings (SSSR count). The van der Waals surface area contributed by atoms with Gasteiger partial charge in [0.05, 0.1) is 14.2 Å². The van der Waals surface area contributed by atoms with Crippen LogP contribution in [-0.2, 0) is 0 Å². The molecule has 0 saturated heterocycles. The molecule has 29 heavy (non-hydrogen) atoms. The second-order valence-electron chi connectivity index (χ2n) is 6.44. The van der Waals surface area contributed by atoms with E-state index in [1.807, 2.05) is 12.1 Å². The average Bonchev–Trinajstić information content (AvgIpc) is 2.72. The first-order valence-corrected chi connectivity index (χ1v) is 8.88. The Balaban J connectivity index is 1.83. The lowest BCUT2D eigenvalue weighted by molar-refractivity contribution is 0.102. The van der Waals surface area contributed by atoms with Gasteiger partial charge in [-0.2, -0.15) is 0 Å². The van der Waals surface area contributed by atoms with Gasteiger partial charge in [-0.25, -0.2) is 9.78 Å². The zero-order valence-electron chi connectivity index (χ0n) is 16.1. The Morgan fingerprint density at radius 3 is 2.52 bits per heavy atom. The van der Waals surface area contributed by atoms with Gasteiger partial charge in [-0.05, 0) is 37.3 Å². The Morgan fingerprint density at radius 2 is 1.76 bits per heavy atom. The van der Waals surface area contributed by atoms with Crippen LogP contribution in [0.15, 0.2) is 57.7 Å². The molecular formula is C22H18N2O5. The zero-order valence-corrected chi connectivity index (χ0v) is 16.1. The maximum absolute atomic E-state index is 12.8. The van der Waals surface area contributed by atoms with Crippen molar-refractivity contribution in [1.29, 1.82) is 0 Å². The third kappa shape index (κ3) is 3.27. The number of hydrogen-bond donors (Lipinski definition) is 1. The quantitative estimate of drug-likeness (QED) is 0.420. The highest BCUT2D eigenvalue weighted by Crippen LogP contribution is 2.29. The Kier molecular flexibility index (Phi) is 4.64. The molecule has 4 aromatic rings. The smallest absolute Gasteiger partial charge is 0.347 e. The molecule has 1 amide bonds. The number of anilines is 1. The molecule has 0 radical (unpaired) electrons. The molecule has 2 heterocycles. The van der Waals surface area contributed by atoms with Crippen LogP contribution in [0.2, 0.25) is 0 Å². The van der Waals surface area contributed by atoms with E-state index in [4.69, 9.17) is 13.9 Å². The third-order valence-corrected chi connectivity index (χ3v) is 4.61. The van der Waals surface area contributed by atoms with Crippen molar-refractivity contribution in [3.8, 4) is 11.5 Å². The minimum absolute atomic E-state index is 0.152. The first-order chi connectivity index (χ1) is 14.0. The van der Waals surface area contributed by atoms with Gasteiger partial charge < -0.3 is 19.2 Å². The molecule has 0 aliphatic carbocycles. The minimum Gasteiger partial charge on any atom is -0.493 e. The second kappa shape index (κ2) is 7.27. The van der Waals surface area contributed by atoms with Crippen LogP contribution in [0.3, 0.4) is 0 Å². The summed E-state index contributed by atoms with van der Waals surface area (Å²) in [6, 6.07) is 13.9. The summed E-state index contributed by atoms with van der Waals surface area (Å²) >= 11 is 0. The number of methoxy groups -OCH3 is 2. The molecule has 0 fully saturated rings. The average molecular weight is 390 g/mol. The summed E-state index contributed by atoms with van der Waals surface area (Å²) in [5.41, 5.74) is 0.918. The zero-order chi connectivity index (χ0) is 20.5. The molecular weight excluding hydrogens is 372 g/mol. The molecule has 2 aromatic carbocycles. The third-order valence-electron chi connectivity index (χ3n) is 4.61. The van der Waals surface area contributed by atoms with Crippen molar-refractivity contribution < 1.29 is 18.7 Å². The molecule has 0 bridgehead atoms. The van der Waals surface area contributed by atoms with E-state index in [1.165, 1.54) is 14.2 Å². The molecule has 2 aromatic heterocycles. The standard InChI is InChI=1S/C22H18N2O5/c1-12-10-15-14-6-4-5-7-16(14)29-22(26)19(15)20(23-12)24-21(25)13-8-9-17(27-2)18(11-13)28-3/h4-11H,1-3H3,(H,23,24,25). The number of carbonyl (C=O) groups is 1. The molecule has 0 spiro atoms. The lowest BCUT2D eigenvalue weighted by Crippen LogP contribution is -2.16. The van der Waals surface area contributed by atoms with Gasteiger partial charge in [0, 0.05) is 22.0 Å². The van der Waals surface area contributed by atoms with E-state index in [0.717, 1.165) is 5.39 Å². The van der Waals surface area contributed by atoms with Crippen LogP contribution in [-0.4, -0.2) is 25.1 Å². The number of fused-ring (bicyclic) bond motifs is 3. The molecule has 146 valence electrons. The summed E-state index contributed by atoms with van der Waals surface area (Å²) in [6.07, 6.45) is 0. The van der Waals surface area contributed by atoms with Crippen LogP contribution < -0.4 is 20.4 Å². The lowest BCUT2D eigenvalue weighted by Gasteiger charge is -2.12. The summed E-state index contributed by atoms with van der Waals surface area (Å²) in [5, 5.41) is 4.40. The monoisotopic (exact) mass is 390 g/mol. The highest BCUT2D eigenvalue weighted by molar-refractivity contribution is 6.12. The number of hydrogen-bond acceptors (Lipinski definition) is 6. The Labute approximate surface area is 165 Å². The van der Waals surface area contributed by atoms with Crippen molar-refractivity contribution in [3.63, 3.8) is 0 Å². The molecule has 0 aliphatic rings. The number of amides is 1. The normalized spacial score (nSPS) is 10.9. The summed E-state index contributed by atoms with van der Waals surface area (Å²) in [7, 11) is 3.01. The first-order valence-electron chi connectivity index (χ1n) is 8.88. The maximum atomic E-state index is 12.8. The van der Waals surface area contributed by atoms with E-state index >= 15 is 0 Å². The van der Waals surface area contributed by atoms with Crippen LogP contribution >= 0.6 is 0 Å². The predicted octanol–water partition coefficient (Wildman–Crippen LogP) is 3.92. The molecule has 0 unspecified atom stereocenters. The summed E-state index contributed by atoms with van der Waals surface area (Å²) < 4.78 is 15.9. The van der Waals surface area contributed by atoms with Gasteiger partial charge in [0.15, 0.2) is 11.5 Å². The predicted molar refractivity (Wildman–Crippen MR) is 110 cm³/mol. The second-order valence-corrected chi connectivity index (χ2v) is 6.44. The largest absolute Gasteiger partial charge is 0.493 e. The summed E-state index contributed by atoms with van der Waals surface area (Å²) in [6.45, 7) is 1.80. The fourth-order valence-electron chi connectivity index (χ4n) is 3.27. The van der Waals surface area contributed by atoms with Gasteiger partial charge >= 0.3 is 5.63 Å². The fourth-order valence-corrected chi connectivity index (χ4v) is 3.27. The highest BCUT2D eigenvalue weighted by Gasteiger charge is 2.17. The SMILES string of the molecule is COc1ccc(C(=O)Nc2nc(C)cc3c2c(=O)oc2ccccc23)cc1OC. The minimum atomic E-state index is -0.561. The highest BCUT2D eigenvalue weighted by atomic mass is 16.5. The molecule has 0 aliphatic heterocycles. The number of nitrogens with one attached hydrogen (secondary N) is 1. The van der Waals surface area contributed by atoms with Crippen LogP contribution in [0.4, 0.5) is 5.82 Å². The molecule has 0 atom stereocenters. The number of benzene rings is 2. The van der Waals surface area contributed by atoms with Crippen molar-refractivity contribution in [2.24, 2.45) is 0 Å². The topological polar surface area (TPSA) is 90.7 Å². The van der Waals surface area contributed by atoms with E-state index in [2.05, 4.69) is 10.3 Å². The Morgan fingerprint density at radius 1 is 1.00 bits per heavy atom. The lowest BCUT2D eigenvalue weighted by atomic mass is 10.1. The van der Waals surface area contributed by atoms with Crippen molar-refractivity contribution in [3.05, 3.63) is 70.2 Å². The molecule has 7 heteroatoms. The van der Waals surface area contributed by atoms with Gasteiger partial charge in [0.2, 0.25) is 0 Å². The Hall–Kier alpha value is -3.87. The van der Waals surface area contributed by atoms with Gasteiger partial charge in [0.1, 0.15) is 16.8 Å². The number of ether oxygens (including phenoxy) is 2. The van der Waals surface area contributed by atoms with E-state index in [1.54, 1.807) is 43.3 Å². The van der Waals surface area contributed by atoms with Gasteiger partial charge in [-0.1, -0.05) is 18.2 Å². The number of para-hydroxylation sites is 1. The summed E-state index contributed by atoms with van der Waals surface area (Å²) in [4.78, 5) is 29.8. The fraction of sp³-hybridized carbons (Fsp3) is 0.136. The number of nitrogens with zero attached hydrogens (tertiary/aromatic N) is 1. The van der Waals surface area contributed by atoms with E-state index in [-0.39, 0.29) is 11.2 Å². The van der Waals surface area contributed by atoms with Crippen molar-refractivity contribution in [2.75, 3.05) is 19.5 Å². The first kappa shape index (κ1) is 18.5. The molecule has 7 nitrogen and oxygen atoms in total. The number of aryl methyl sites for hydroxylation is 1. The van der Waals surface area contributed by atoms with E-state index in [0.29, 0.717) is 33.7 Å². The number of carbonyl (C=O) groups excluding carboxylic acids is 1. The van der Waals surface area contributed by atoms with Gasteiger partial charge in [0.25, 0.3) is 5.91 Å². The van der Waals surface area contributed by atoms with Gasteiger partial charge in [-0.15, -0.1) is 0 Å². The van der Waals surface area contributed by atoms with Crippen molar-refractivity contribution in [1.82, 2.24) is 4.98 Å². The number of aromatic nitrogens is 1. The van der Waals surface area contributed by atoms with E-state index < -0.39 is 11.5 Å². The van der Waals surface area contributed by atoms with Crippen molar-refractivity contribution >= 4 is 33.5 Å². The number of rotatable bonds is 4. The molecule has 1 N–H and O–H groups in total.